The van der Waals surface area contributed by atoms with Crippen LogP contribution in [0.25, 0.3) is 0 Å². The summed E-state index contributed by atoms with van der Waals surface area (Å²) >= 11 is 0. The lowest BCUT2D eigenvalue weighted by atomic mass is 9.94. The topological polar surface area (TPSA) is 58.4 Å². The number of anilines is 1. The van der Waals surface area contributed by atoms with Gasteiger partial charge in [-0.1, -0.05) is 12.1 Å². The van der Waals surface area contributed by atoms with E-state index in [4.69, 9.17) is 5.73 Å². The molecule has 1 aromatic rings. The van der Waals surface area contributed by atoms with E-state index in [1.54, 1.807) is 0 Å². The second-order valence-corrected chi connectivity index (χ2v) is 6.01. The summed E-state index contributed by atoms with van der Waals surface area (Å²) in [4.78, 5) is 13.9. The number of likely N-dealkylation sites (tertiary alicyclic amines) is 1. The number of nitrogens with one attached hydrogen (secondary N) is 1. The van der Waals surface area contributed by atoms with E-state index in [0.29, 0.717) is 12.5 Å². The van der Waals surface area contributed by atoms with Crippen LogP contribution in [0.5, 0.6) is 0 Å². The molecule has 1 amide bonds. The second-order valence-electron chi connectivity index (χ2n) is 6.01. The molecule has 2 unspecified atom stereocenters. The van der Waals surface area contributed by atoms with Crippen molar-refractivity contribution in [3.63, 3.8) is 0 Å². The smallest absolute Gasteiger partial charge is 0.224 e. The van der Waals surface area contributed by atoms with E-state index in [9.17, 15) is 4.79 Å². The third-order valence-corrected chi connectivity index (χ3v) is 4.40. The van der Waals surface area contributed by atoms with Gasteiger partial charge in [0.25, 0.3) is 0 Å². The van der Waals surface area contributed by atoms with Crippen LogP contribution in [0.1, 0.15) is 43.4 Å². The highest BCUT2D eigenvalue weighted by Gasteiger charge is 2.27. The van der Waals surface area contributed by atoms with Crippen LogP contribution in [0.3, 0.4) is 0 Å². The SMILES string of the molecule is CC(N)C(c1ccc2c(c1)CCC(=O)N2)N1CCCC1. The predicted molar refractivity (Wildman–Crippen MR) is 80.6 cm³/mol. The lowest BCUT2D eigenvalue weighted by molar-refractivity contribution is -0.116. The van der Waals surface area contributed by atoms with Crippen molar-refractivity contribution in [2.45, 2.75) is 44.7 Å². The number of rotatable bonds is 3. The number of nitrogens with two attached hydrogens (primary N) is 1. The summed E-state index contributed by atoms with van der Waals surface area (Å²) in [6.07, 6.45) is 3.96. The highest BCUT2D eigenvalue weighted by atomic mass is 16.1. The fourth-order valence-electron chi connectivity index (χ4n) is 3.45. The normalized spacial score (nSPS) is 22.2. The molecule has 4 nitrogen and oxygen atoms in total. The van der Waals surface area contributed by atoms with Crippen LogP contribution in [-0.4, -0.2) is 29.9 Å². The third kappa shape index (κ3) is 2.58. The lowest BCUT2D eigenvalue weighted by Gasteiger charge is -2.32. The van der Waals surface area contributed by atoms with Crippen molar-refractivity contribution >= 4 is 11.6 Å². The van der Waals surface area contributed by atoms with Crippen molar-refractivity contribution < 1.29 is 4.79 Å². The van der Waals surface area contributed by atoms with Crippen LogP contribution < -0.4 is 11.1 Å². The molecule has 1 fully saturated rings. The molecule has 2 heterocycles. The molecule has 2 atom stereocenters. The first-order chi connectivity index (χ1) is 9.65. The summed E-state index contributed by atoms with van der Waals surface area (Å²) in [6, 6.07) is 6.80. The second kappa shape index (κ2) is 5.54. The van der Waals surface area contributed by atoms with Crippen LogP contribution in [0, 0.1) is 0 Å². The lowest BCUT2D eigenvalue weighted by Crippen LogP contribution is -2.38. The minimum atomic E-state index is 0.115. The molecular weight excluding hydrogens is 250 g/mol. The molecule has 1 aromatic carbocycles. The van der Waals surface area contributed by atoms with E-state index in [-0.39, 0.29) is 11.9 Å². The van der Waals surface area contributed by atoms with Crippen LogP contribution >= 0.6 is 0 Å². The van der Waals surface area contributed by atoms with Crippen molar-refractivity contribution in [1.82, 2.24) is 4.90 Å². The van der Waals surface area contributed by atoms with Gasteiger partial charge in [0.15, 0.2) is 0 Å². The number of hydrogen-bond acceptors (Lipinski definition) is 3. The van der Waals surface area contributed by atoms with Gasteiger partial charge in [-0.15, -0.1) is 0 Å². The van der Waals surface area contributed by atoms with Gasteiger partial charge < -0.3 is 11.1 Å². The Balaban J connectivity index is 1.89. The summed E-state index contributed by atoms with van der Waals surface area (Å²) in [5.74, 6) is 0.119. The molecule has 108 valence electrons. The van der Waals surface area contributed by atoms with E-state index in [2.05, 4.69) is 29.3 Å². The Kier molecular flexibility index (Phi) is 3.76. The minimum absolute atomic E-state index is 0.115. The summed E-state index contributed by atoms with van der Waals surface area (Å²) in [5, 5.41) is 2.94. The molecule has 3 rings (SSSR count). The molecule has 3 N–H and O–H groups in total. The van der Waals surface area contributed by atoms with Crippen molar-refractivity contribution in [3.05, 3.63) is 29.3 Å². The number of nitrogens with zero attached hydrogens (tertiary/aromatic N) is 1. The number of benzene rings is 1. The number of aryl methyl sites for hydroxylation is 1. The van der Waals surface area contributed by atoms with E-state index in [0.717, 1.165) is 25.2 Å². The van der Waals surface area contributed by atoms with Gasteiger partial charge >= 0.3 is 0 Å². The maximum atomic E-state index is 11.4. The molecule has 0 radical (unpaired) electrons. The number of fused-ring (bicyclic) bond motifs is 1. The summed E-state index contributed by atoms with van der Waals surface area (Å²) in [7, 11) is 0. The Bertz CT molecular complexity index is 506. The van der Waals surface area contributed by atoms with Crippen LogP contribution in [0.2, 0.25) is 0 Å². The molecular formula is C16H23N3O. The molecule has 2 aliphatic heterocycles. The van der Waals surface area contributed by atoms with Gasteiger partial charge in [0.1, 0.15) is 0 Å². The molecule has 0 bridgehead atoms. The van der Waals surface area contributed by atoms with Crippen molar-refractivity contribution in [2.75, 3.05) is 18.4 Å². The van der Waals surface area contributed by atoms with Gasteiger partial charge in [-0.3, -0.25) is 9.69 Å². The number of carbonyl (C=O) groups excluding carboxylic acids is 1. The maximum Gasteiger partial charge on any atom is 0.224 e. The Morgan fingerprint density at radius 2 is 2.00 bits per heavy atom. The molecule has 20 heavy (non-hydrogen) atoms. The zero-order valence-corrected chi connectivity index (χ0v) is 12.1. The summed E-state index contributed by atoms with van der Waals surface area (Å²) in [6.45, 7) is 4.37. The fraction of sp³-hybridized carbons (Fsp3) is 0.562. The fourth-order valence-corrected chi connectivity index (χ4v) is 3.45. The summed E-state index contributed by atoms with van der Waals surface area (Å²) in [5.41, 5.74) is 9.73. The number of carbonyl (C=O) groups is 1. The third-order valence-electron chi connectivity index (χ3n) is 4.40. The van der Waals surface area contributed by atoms with Gasteiger partial charge in [0.05, 0.1) is 0 Å². The molecule has 0 spiro atoms. The zero-order chi connectivity index (χ0) is 14.1. The average molecular weight is 273 g/mol. The first-order valence-electron chi connectivity index (χ1n) is 7.57. The first kappa shape index (κ1) is 13.6. The highest BCUT2D eigenvalue weighted by Crippen LogP contribution is 2.31. The molecule has 4 heteroatoms. The van der Waals surface area contributed by atoms with E-state index in [1.165, 1.54) is 24.0 Å². The zero-order valence-electron chi connectivity index (χ0n) is 12.1. The van der Waals surface area contributed by atoms with Crippen molar-refractivity contribution in [1.29, 1.82) is 0 Å². The molecule has 0 saturated carbocycles. The van der Waals surface area contributed by atoms with Crippen LogP contribution in [0.15, 0.2) is 18.2 Å². The highest BCUT2D eigenvalue weighted by molar-refractivity contribution is 5.93. The summed E-state index contributed by atoms with van der Waals surface area (Å²) < 4.78 is 0. The minimum Gasteiger partial charge on any atom is -0.326 e. The van der Waals surface area contributed by atoms with Crippen molar-refractivity contribution in [3.8, 4) is 0 Å². The average Bonchev–Trinajstić information content (AvgIpc) is 2.92. The number of hydrogen-bond donors (Lipinski definition) is 2. The monoisotopic (exact) mass is 273 g/mol. The molecule has 0 aromatic heterocycles. The Morgan fingerprint density at radius 1 is 1.25 bits per heavy atom. The van der Waals surface area contributed by atoms with Crippen LogP contribution in [-0.2, 0) is 11.2 Å². The standard InChI is InChI=1S/C16H23N3O/c1-11(17)16(19-8-2-3-9-19)13-4-6-14-12(10-13)5-7-15(20)18-14/h4,6,10-11,16H,2-3,5,7-9,17H2,1H3,(H,18,20). The van der Waals surface area contributed by atoms with Gasteiger partial charge in [-0.25, -0.2) is 0 Å². The van der Waals surface area contributed by atoms with Crippen LogP contribution in [0.4, 0.5) is 5.69 Å². The number of amides is 1. The van der Waals surface area contributed by atoms with Crippen molar-refractivity contribution in [2.24, 2.45) is 5.73 Å². The Morgan fingerprint density at radius 3 is 2.70 bits per heavy atom. The maximum absolute atomic E-state index is 11.4. The van der Waals surface area contributed by atoms with E-state index < -0.39 is 0 Å². The van der Waals surface area contributed by atoms with Gasteiger partial charge in [0, 0.05) is 24.2 Å². The van der Waals surface area contributed by atoms with E-state index >= 15 is 0 Å². The molecule has 2 aliphatic rings. The molecule has 1 saturated heterocycles. The Labute approximate surface area is 120 Å². The molecule has 0 aliphatic carbocycles. The van der Waals surface area contributed by atoms with Gasteiger partial charge in [-0.2, -0.15) is 0 Å². The van der Waals surface area contributed by atoms with Gasteiger partial charge in [0.2, 0.25) is 5.91 Å². The first-order valence-corrected chi connectivity index (χ1v) is 7.57. The predicted octanol–water partition coefficient (Wildman–Crippen LogP) is 2.06. The largest absolute Gasteiger partial charge is 0.326 e. The quantitative estimate of drug-likeness (QED) is 0.886. The Hall–Kier alpha value is -1.39. The van der Waals surface area contributed by atoms with Gasteiger partial charge in [-0.05, 0) is 56.5 Å². The van der Waals surface area contributed by atoms with E-state index in [1.807, 2.05) is 6.07 Å².